The first-order valence-corrected chi connectivity index (χ1v) is 9.26. The summed E-state index contributed by atoms with van der Waals surface area (Å²) in [6.45, 7) is 0.898. The number of hydrogen-bond acceptors (Lipinski definition) is 5. The van der Waals surface area contributed by atoms with Crippen LogP contribution in [0.5, 0.6) is 5.75 Å². The largest absolute Gasteiger partial charge is 0.494 e. The molecule has 0 fully saturated rings. The van der Waals surface area contributed by atoms with Crippen LogP contribution in [0.25, 0.3) is 10.4 Å². The van der Waals surface area contributed by atoms with E-state index in [2.05, 4.69) is 22.5 Å². The van der Waals surface area contributed by atoms with Crippen molar-refractivity contribution in [3.63, 3.8) is 0 Å². The summed E-state index contributed by atoms with van der Waals surface area (Å²) >= 11 is 1.70. The minimum absolute atomic E-state index is 0.200. The summed E-state index contributed by atoms with van der Waals surface area (Å²) in [7, 11) is 0. The van der Waals surface area contributed by atoms with Gasteiger partial charge in [-0.05, 0) is 42.0 Å². The van der Waals surface area contributed by atoms with Crippen molar-refractivity contribution < 1.29 is 14.6 Å². The standard InChI is InChI=1S/C19H21N3O3S/c20-19(24)17-12-22(13-21-17)11-15(23)5-2-8-25-16-6-1-4-14(10-16)18-7-3-9-26-18/h1,3-4,6-7,9-10,12-13,15,23H,2,5,8,11H2,(H2,20,24). The number of rotatable bonds is 9. The van der Waals surface area contributed by atoms with Crippen LogP contribution >= 0.6 is 11.3 Å². The van der Waals surface area contributed by atoms with E-state index in [1.807, 2.05) is 24.3 Å². The van der Waals surface area contributed by atoms with Gasteiger partial charge >= 0.3 is 0 Å². The highest BCUT2D eigenvalue weighted by Crippen LogP contribution is 2.27. The third-order valence-corrected chi connectivity index (χ3v) is 4.82. The second-order valence-corrected chi connectivity index (χ2v) is 6.92. The van der Waals surface area contributed by atoms with Crippen molar-refractivity contribution in [2.45, 2.75) is 25.5 Å². The number of carbonyl (C=O) groups is 1. The number of carbonyl (C=O) groups excluding carboxylic acids is 1. The van der Waals surface area contributed by atoms with Gasteiger partial charge in [0.1, 0.15) is 11.4 Å². The van der Waals surface area contributed by atoms with Gasteiger partial charge in [0, 0.05) is 17.6 Å². The molecule has 7 heteroatoms. The van der Waals surface area contributed by atoms with Gasteiger partial charge in [-0.2, -0.15) is 0 Å². The molecular formula is C19H21N3O3S. The lowest BCUT2D eigenvalue weighted by Crippen LogP contribution is -2.16. The number of nitrogens with zero attached hydrogens (tertiary/aromatic N) is 2. The van der Waals surface area contributed by atoms with Crippen molar-refractivity contribution in [1.82, 2.24) is 9.55 Å². The Bertz CT molecular complexity index is 845. The molecule has 1 amide bonds. The average molecular weight is 371 g/mol. The van der Waals surface area contributed by atoms with E-state index in [0.29, 0.717) is 19.6 Å². The Morgan fingerprint density at radius 1 is 1.35 bits per heavy atom. The van der Waals surface area contributed by atoms with Crippen LogP contribution in [0.4, 0.5) is 0 Å². The third-order valence-electron chi connectivity index (χ3n) is 3.90. The Morgan fingerprint density at radius 2 is 2.23 bits per heavy atom. The van der Waals surface area contributed by atoms with E-state index in [1.54, 1.807) is 15.9 Å². The number of aliphatic hydroxyl groups is 1. The lowest BCUT2D eigenvalue weighted by atomic mass is 10.2. The molecule has 1 unspecified atom stereocenters. The van der Waals surface area contributed by atoms with Gasteiger partial charge in [-0.25, -0.2) is 4.98 Å². The summed E-state index contributed by atoms with van der Waals surface area (Å²) in [4.78, 5) is 16.1. The van der Waals surface area contributed by atoms with Crippen molar-refractivity contribution in [3.05, 3.63) is 60.0 Å². The van der Waals surface area contributed by atoms with Crippen LogP contribution in [-0.2, 0) is 6.54 Å². The van der Waals surface area contributed by atoms with Gasteiger partial charge < -0.3 is 20.1 Å². The molecule has 1 aromatic carbocycles. The zero-order valence-electron chi connectivity index (χ0n) is 14.2. The SMILES string of the molecule is NC(=O)c1cn(CC(O)CCCOc2cccc(-c3cccs3)c2)cn1. The minimum atomic E-state index is -0.573. The first kappa shape index (κ1) is 18.2. The van der Waals surface area contributed by atoms with E-state index in [4.69, 9.17) is 10.5 Å². The van der Waals surface area contributed by atoms with Crippen molar-refractivity contribution in [3.8, 4) is 16.2 Å². The number of thiophene rings is 1. The maximum absolute atomic E-state index is 11.0. The maximum atomic E-state index is 11.0. The smallest absolute Gasteiger partial charge is 0.268 e. The Labute approximate surface area is 155 Å². The topological polar surface area (TPSA) is 90.4 Å². The molecule has 0 bridgehead atoms. The number of benzene rings is 1. The fourth-order valence-electron chi connectivity index (χ4n) is 2.61. The number of hydrogen-bond donors (Lipinski definition) is 2. The normalized spacial score (nSPS) is 12.0. The minimum Gasteiger partial charge on any atom is -0.494 e. The van der Waals surface area contributed by atoms with Gasteiger partial charge in [-0.15, -0.1) is 11.3 Å². The lowest BCUT2D eigenvalue weighted by Gasteiger charge is -2.12. The highest BCUT2D eigenvalue weighted by Gasteiger charge is 2.09. The maximum Gasteiger partial charge on any atom is 0.268 e. The predicted molar refractivity (Wildman–Crippen MR) is 101 cm³/mol. The van der Waals surface area contributed by atoms with Gasteiger partial charge in [-0.3, -0.25) is 4.79 Å². The second-order valence-electron chi connectivity index (χ2n) is 5.97. The zero-order valence-corrected chi connectivity index (χ0v) is 15.1. The molecule has 3 rings (SSSR count). The summed E-state index contributed by atoms with van der Waals surface area (Å²) in [6.07, 6.45) is 3.82. The molecule has 0 radical (unpaired) electrons. The average Bonchev–Trinajstić information content (AvgIpc) is 3.31. The molecular weight excluding hydrogens is 350 g/mol. The van der Waals surface area contributed by atoms with Gasteiger partial charge in [0.25, 0.3) is 5.91 Å². The van der Waals surface area contributed by atoms with Gasteiger partial charge in [-0.1, -0.05) is 18.2 Å². The number of nitrogens with two attached hydrogens (primary N) is 1. The van der Waals surface area contributed by atoms with Gasteiger partial charge in [0.05, 0.1) is 19.0 Å². The van der Waals surface area contributed by atoms with Crippen LogP contribution in [0, 0.1) is 0 Å². The molecule has 0 spiro atoms. The van der Waals surface area contributed by atoms with Crippen LogP contribution in [0.3, 0.4) is 0 Å². The van der Waals surface area contributed by atoms with E-state index < -0.39 is 12.0 Å². The lowest BCUT2D eigenvalue weighted by molar-refractivity contribution is 0.0995. The number of ether oxygens (including phenoxy) is 1. The quantitative estimate of drug-likeness (QED) is 0.566. The first-order chi connectivity index (χ1) is 12.6. The van der Waals surface area contributed by atoms with E-state index in [9.17, 15) is 9.90 Å². The number of amides is 1. The molecule has 3 N–H and O–H groups in total. The van der Waals surface area contributed by atoms with E-state index >= 15 is 0 Å². The van der Waals surface area contributed by atoms with E-state index in [1.165, 1.54) is 17.4 Å². The molecule has 0 saturated carbocycles. The molecule has 6 nitrogen and oxygen atoms in total. The van der Waals surface area contributed by atoms with Crippen LogP contribution in [0.2, 0.25) is 0 Å². The summed E-state index contributed by atoms with van der Waals surface area (Å²) in [5.41, 5.74) is 6.50. The van der Waals surface area contributed by atoms with E-state index in [0.717, 1.165) is 17.7 Å². The van der Waals surface area contributed by atoms with Crippen LogP contribution < -0.4 is 10.5 Å². The third kappa shape index (κ3) is 4.93. The van der Waals surface area contributed by atoms with Crippen LogP contribution in [0.1, 0.15) is 23.3 Å². The summed E-state index contributed by atoms with van der Waals surface area (Å²) < 4.78 is 7.46. The molecule has 0 aliphatic carbocycles. The summed E-state index contributed by atoms with van der Waals surface area (Å²) in [6, 6.07) is 12.1. The number of aromatic nitrogens is 2. The Balaban J connectivity index is 1.42. The highest BCUT2D eigenvalue weighted by molar-refractivity contribution is 7.13. The second kappa shape index (κ2) is 8.64. The molecule has 2 heterocycles. The molecule has 136 valence electrons. The fourth-order valence-corrected chi connectivity index (χ4v) is 3.34. The molecule has 26 heavy (non-hydrogen) atoms. The fraction of sp³-hybridized carbons (Fsp3) is 0.263. The van der Waals surface area contributed by atoms with Crippen LogP contribution in [0.15, 0.2) is 54.3 Å². The van der Waals surface area contributed by atoms with Crippen molar-refractivity contribution in [2.75, 3.05) is 6.61 Å². The van der Waals surface area contributed by atoms with Crippen molar-refractivity contribution in [2.24, 2.45) is 5.73 Å². The Hall–Kier alpha value is -2.64. The predicted octanol–water partition coefficient (Wildman–Crippen LogP) is 2.93. The summed E-state index contributed by atoms with van der Waals surface area (Å²) in [5, 5.41) is 12.2. The number of primary amides is 1. The number of aliphatic hydroxyl groups excluding tert-OH is 1. The molecule has 1 atom stereocenters. The Kier molecular flexibility index (Phi) is 6.04. The molecule has 2 aromatic heterocycles. The molecule has 0 aliphatic rings. The molecule has 0 aliphatic heterocycles. The van der Waals surface area contributed by atoms with Gasteiger partial charge in [0.15, 0.2) is 0 Å². The monoisotopic (exact) mass is 371 g/mol. The summed E-state index contributed by atoms with van der Waals surface area (Å²) in [5.74, 6) is 0.252. The van der Waals surface area contributed by atoms with Crippen LogP contribution in [-0.4, -0.2) is 33.3 Å². The first-order valence-electron chi connectivity index (χ1n) is 8.38. The van der Waals surface area contributed by atoms with Gasteiger partial charge in [0.2, 0.25) is 0 Å². The molecule has 3 aromatic rings. The molecule has 0 saturated heterocycles. The van der Waals surface area contributed by atoms with Crippen molar-refractivity contribution >= 4 is 17.2 Å². The Morgan fingerprint density at radius 3 is 2.96 bits per heavy atom. The highest BCUT2D eigenvalue weighted by atomic mass is 32.1. The van der Waals surface area contributed by atoms with Crippen molar-refractivity contribution in [1.29, 1.82) is 0 Å². The number of imidazole rings is 1. The zero-order chi connectivity index (χ0) is 18.4. The van der Waals surface area contributed by atoms with E-state index in [-0.39, 0.29) is 5.69 Å².